The Bertz CT molecular complexity index is 604. The number of carbonyl (C=O) groups is 1. The van der Waals surface area contributed by atoms with E-state index in [2.05, 4.69) is 15.4 Å². The Kier molecular flexibility index (Phi) is 3.05. The standard InChI is InChI=1S/C11H11N5O2/c1-7-4-9(16-14-6-13-15-16)5-8(11(7)12)2-3-10(17)18/h2-6H,12H2,1H3,(H,17,18). The van der Waals surface area contributed by atoms with Gasteiger partial charge in [0.05, 0.1) is 5.69 Å². The zero-order chi connectivity index (χ0) is 13.1. The Morgan fingerprint density at radius 1 is 1.50 bits per heavy atom. The number of aromatic nitrogens is 4. The lowest BCUT2D eigenvalue weighted by Crippen LogP contribution is -2.03. The highest BCUT2D eigenvalue weighted by atomic mass is 16.4. The van der Waals surface area contributed by atoms with Crippen molar-refractivity contribution in [1.82, 2.24) is 20.2 Å². The van der Waals surface area contributed by atoms with E-state index in [9.17, 15) is 4.79 Å². The van der Waals surface area contributed by atoms with Gasteiger partial charge in [0.2, 0.25) is 0 Å². The van der Waals surface area contributed by atoms with E-state index in [1.54, 1.807) is 12.1 Å². The average Bonchev–Trinajstić information content (AvgIpc) is 2.84. The molecule has 7 nitrogen and oxygen atoms in total. The van der Waals surface area contributed by atoms with Crippen LogP contribution in [0.1, 0.15) is 11.1 Å². The molecule has 0 radical (unpaired) electrons. The van der Waals surface area contributed by atoms with Crippen molar-refractivity contribution >= 4 is 17.7 Å². The molecule has 3 N–H and O–H groups in total. The zero-order valence-electron chi connectivity index (χ0n) is 9.61. The number of benzene rings is 1. The molecule has 0 atom stereocenters. The number of hydrogen-bond acceptors (Lipinski definition) is 5. The molecule has 0 bridgehead atoms. The van der Waals surface area contributed by atoms with E-state index >= 15 is 0 Å². The molecule has 0 aliphatic rings. The molecule has 1 aromatic carbocycles. The number of aryl methyl sites for hydroxylation is 1. The minimum atomic E-state index is -1.03. The van der Waals surface area contributed by atoms with Crippen LogP contribution in [0.15, 0.2) is 24.5 Å². The van der Waals surface area contributed by atoms with Crippen LogP contribution in [0.5, 0.6) is 0 Å². The smallest absolute Gasteiger partial charge is 0.328 e. The number of anilines is 1. The maximum Gasteiger partial charge on any atom is 0.328 e. The molecule has 0 aliphatic carbocycles. The molecule has 0 aliphatic heterocycles. The molecule has 2 aromatic rings. The van der Waals surface area contributed by atoms with Crippen LogP contribution in [0, 0.1) is 6.92 Å². The van der Waals surface area contributed by atoms with Gasteiger partial charge in [-0.15, -0.1) is 15.0 Å². The van der Waals surface area contributed by atoms with Crippen LogP contribution in [0.3, 0.4) is 0 Å². The minimum Gasteiger partial charge on any atom is -0.478 e. The lowest BCUT2D eigenvalue weighted by atomic mass is 10.1. The van der Waals surface area contributed by atoms with Gasteiger partial charge in [-0.25, -0.2) is 4.79 Å². The molecule has 0 fully saturated rings. The van der Waals surface area contributed by atoms with E-state index in [1.807, 2.05) is 6.92 Å². The number of tetrazole rings is 1. The number of aliphatic carboxylic acids is 1. The summed E-state index contributed by atoms with van der Waals surface area (Å²) in [5.74, 6) is -1.03. The predicted molar refractivity (Wildman–Crippen MR) is 65.0 cm³/mol. The van der Waals surface area contributed by atoms with E-state index in [0.29, 0.717) is 16.9 Å². The number of nitrogen functional groups attached to an aromatic ring is 1. The Hall–Kier alpha value is -2.70. The fraction of sp³-hybridized carbons (Fsp3) is 0.0909. The Morgan fingerprint density at radius 2 is 2.28 bits per heavy atom. The number of carboxylic acid groups (broad SMARTS) is 1. The zero-order valence-corrected chi connectivity index (χ0v) is 9.61. The Balaban J connectivity index is 2.50. The van der Waals surface area contributed by atoms with Gasteiger partial charge in [-0.2, -0.15) is 0 Å². The highest BCUT2D eigenvalue weighted by Crippen LogP contribution is 2.22. The third-order valence-corrected chi connectivity index (χ3v) is 2.39. The molecular weight excluding hydrogens is 234 g/mol. The van der Waals surface area contributed by atoms with Gasteiger partial charge in [-0.05, 0) is 35.9 Å². The van der Waals surface area contributed by atoms with Gasteiger partial charge >= 0.3 is 5.97 Å². The van der Waals surface area contributed by atoms with E-state index in [4.69, 9.17) is 10.8 Å². The first kappa shape index (κ1) is 11.8. The molecule has 18 heavy (non-hydrogen) atoms. The summed E-state index contributed by atoms with van der Waals surface area (Å²) in [5.41, 5.74) is 8.49. The van der Waals surface area contributed by atoms with Gasteiger partial charge in [-0.1, -0.05) is 0 Å². The first-order valence-corrected chi connectivity index (χ1v) is 5.12. The maximum atomic E-state index is 10.5. The highest BCUT2D eigenvalue weighted by molar-refractivity contribution is 5.87. The summed E-state index contributed by atoms with van der Waals surface area (Å²) in [5, 5.41) is 19.9. The molecule has 0 amide bonds. The highest BCUT2D eigenvalue weighted by Gasteiger charge is 2.06. The molecule has 0 unspecified atom stereocenters. The lowest BCUT2D eigenvalue weighted by Gasteiger charge is -2.07. The van der Waals surface area contributed by atoms with Crippen LogP contribution in [0.25, 0.3) is 11.8 Å². The molecule has 1 heterocycles. The summed E-state index contributed by atoms with van der Waals surface area (Å²) in [6.45, 7) is 1.83. The number of carboxylic acids is 1. The van der Waals surface area contributed by atoms with Crippen LogP contribution in [0.4, 0.5) is 5.69 Å². The number of rotatable bonds is 3. The Labute approximate surface area is 103 Å². The second-order valence-electron chi connectivity index (χ2n) is 3.66. The van der Waals surface area contributed by atoms with E-state index in [0.717, 1.165) is 11.6 Å². The summed E-state index contributed by atoms with van der Waals surface area (Å²) >= 11 is 0. The molecular formula is C11H11N5O2. The number of hydrogen-bond donors (Lipinski definition) is 2. The van der Waals surface area contributed by atoms with Gasteiger partial charge in [0.25, 0.3) is 0 Å². The van der Waals surface area contributed by atoms with Crippen molar-refractivity contribution in [2.24, 2.45) is 0 Å². The summed E-state index contributed by atoms with van der Waals surface area (Å²) in [7, 11) is 0. The van der Waals surface area contributed by atoms with Crippen molar-refractivity contribution < 1.29 is 9.90 Å². The van der Waals surface area contributed by atoms with Crippen LogP contribution in [-0.2, 0) is 4.79 Å². The number of nitrogens with two attached hydrogens (primary N) is 1. The SMILES string of the molecule is Cc1cc(-n2ncnn2)cc(C=CC(=O)O)c1N. The maximum absolute atomic E-state index is 10.5. The normalized spacial score (nSPS) is 10.9. The summed E-state index contributed by atoms with van der Waals surface area (Å²) in [6, 6.07) is 3.50. The topological polar surface area (TPSA) is 107 Å². The average molecular weight is 245 g/mol. The van der Waals surface area contributed by atoms with Crippen molar-refractivity contribution in [1.29, 1.82) is 0 Å². The van der Waals surface area contributed by atoms with Gasteiger partial charge in [-0.3, -0.25) is 0 Å². The van der Waals surface area contributed by atoms with Gasteiger partial charge in [0.1, 0.15) is 0 Å². The quantitative estimate of drug-likeness (QED) is 0.607. The van der Waals surface area contributed by atoms with E-state index in [-0.39, 0.29) is 0 Å². The second-order valence-corrected chi connectivity index (χ2v) is 3.66. The van der Waals surface area contributed by atoms with Crippen molar-refractivity contribution in [3.8, 4) is 5.69 Å². The fourth-order valence-corrected chi connectivity index (χ4v) is 1.51. The fourth-order valence-electron chi connectivity index (χ4n) is 1.51. The molecule has 7 heteroatoms. The summed E-state index contributed by atoms with van der Waals surface area (Å²) < 4.78 is 0. The third kappa shape index (κ3) is 2.34. The molecule has 0 spiro atoms. The van der Waals surface area contributed by atoms with Crippen LogP contribution in [0.2, 0.25) is 0 Å². The Morgan fingerprint density at radius 3 is 2.89 bits per heavy atom. The monoisotopic (exact) mass is 245 g/mol. The van der Waals surface area contributed by atoms with Crippen molar-refractivity contribution in [2.45, 2.75) is 6.92 Å². The summed E-state index contributed by atoms with van der Waals surface area (Å²) in [6.07, 6.45) is 3.78. The van der Waals surface area contributed by atoms with E-state index < -0.39 is 5.97 Å². The molecule has 0 saturated heterocycles. The molecule has 1 aromatic heterocycles. The molecule has 0 saturated carbocycles. The number of nitrogens with zero attached hydrogens (tertiary/aromatic N) is 4. The van der Waals surface area contributed by atoms with Gasteiger partial charge < -0.3 is 10.8 Å². The van der Waals surface area contributed by atoms with Crippen LogP contribution >= 0.6 is 0 Å². The van der Waals surface area contributed by atoms with E-state index in [1.165, 1.54) is 17.2 Å². The van der Waals surface area contributed by atoms with Gasteiger partial charge in [0.15, 0.2) is 6.33 Å². The third-order valence-electron chi connectivity index (χ3n) is 2.39. The first-order chi connectivity index (χ1) is 8.58. The largest absolute Gasteiger partial charge is 0.478 e. The molecule has 2 rings (SSSR count). The first-order valence-electron chi connectivity index (χ1n) is 5.12. The van der Waals surface area contributed by atoms with Crippen molar-refractivity contribution in [3.05, 3.63) is 35.7 Å². The lowest BCUT2D eigenvalue weighted by molar-refractivity contribution is -0.131. The minimum absolute atomic E-state index is 0.524. The predicted octanol–water partition coefficient (Wildman–Crippen LogP) is 0.651. The molecule has 92 valence electrons. The van der Waals surface area contributed by atoms with Crippen molar-refractivity contribution in [3.63, 3.8) is 0 Å². The van der Waals surface area contributed by atoms with Crippen molar-refractivity contribution in [2.75, 3.05) is 5.73 Å². The van der Waals surface area contributed by atoms with Crippen LogP contribution in [-0.4, -0.2) is 31.3 Å². The summed E-state index contributed by atoms with van der Waals surface area (Å²) in [4.78, 5) is 11.9. The van der Waals surface area contributed by atoms with Crippen LogP contribution < -0.4 is 5.73 Å². The van der Waals surface area contributed by atoms with Gasteiger partial charge in [0, 0.05) is 17.3 Å². The second kappa shape index (κ2) is 4.66.